The molecule has 0 unspecified atom stereocenters. The number of hydrogen-bond acceptors (Lipinski definition) is 3. The number of hydrogen-bond donors (Lipinski definition) is 0. The summed E-state index contributed by atoms with van der Waals surface area (Å²) in [7, 11) is 0. The third-order valence-electron chi connectivity index (χ3n) is 2.63. The van der Waals surface area contributed by atoms with Gasteiger partial charge in [-0.3, -0.25) is 4.79 Å². The number of alkyl halides is 3. The molecule has 0 radical (unpaired) electrons. The van der Waals surface area contributed by atoms with Crippen LogP contribution in [0.3, 0.4) is 0 Å². The first-order valence-corrected chi connectivity index (χ1v) is 8.47. The predicted octanol–water partition coefficient (Wildman–Crippen LogP) is 5.91. The lowest BCUT2D eigenvalue weighted by Crippen LogP contribution is -2.10. The quantitative estimate of drug-likeness (QED) is 0.420. The Kier molecular flexibility index (Phi) is 3.13. The monoisotopic (exact) mass is 461 g/mol. The lowest BCUT2D eigenvalue weighted by atomic mass is 10.1. The molecule has 3 nitrogen and oxygen atoms in total. The van der Waals surface area contributed by atoms with Crippen molar-refractivity contribution in [3.8, 4) is 11.5 Å². The van der Waals surface area contributed by atoms with Crippen molar-refractivity contribution in [1.82, 2.24) is 0 Å². The van der Waals surface area contributed by atoms with Gasteiger partial charge in [-0.15, -0.1) is 34.8 Å². The van der Waals surface area contributed by atoms with Crippen molar-refractivity contribution in [3.63, 3.8) is 0 Å². The molecule has 0 amide bonds. The van der Waals surface area contributed by atoms with Gasteiger partial charge in [0, 0.05) is 32.4 Å². The van der Waals surface area contributed by atoms with E-state index in [1.165, 1.54) is 13.8 Å². The molecule has 0 spiro atoms. The van der Waals surface area contributed by atoms with Crippen LogP contribution >= 0.6 is 34.8 Å². The van der Waals surface area contributed by atoms with E-state index in [-0.39, 0.29) is 0 Å². The Hall–Kier alpha value is -1.42. The number of Topliss-reactive ketones (excluding diaryl/α,β-unsaturated/α-hetero) is 1. The van der Waals surface area contributed by atoms with Gasteiger partial charge in [-0.05, 0) is 49.1 Å². The second-order valence-electron chi connectivity index (χ2n) is 5.31. The van der Waals surface area contributed by atoms with Crippen LogP contribution in [0, 0.1) is 0 Å². The number of ketones is 1. The Morgan fingerprint density at radius 1 is 1.11 bits per heavy atom. The zero-order valence-corrected chi connectivity index (χ0v) is 16.6. The summed E-state index contributed by atoms with van der Waals surface area (Å²) in [5.74, 6) is -7.34. The highest BCUT2D eigenvalue weighted by atomic mass is 35.5. The summed E-state index contributed by atoms with van der Waals surface area (Å²) < 4.78 is 151. The van der Waals surface area contributed by atoms with Crippen molar-refractivity contribution in [1.29, 1.82) is 0 Å². The molecule has 0 aliphatic carbocycles. The molecule has 2 heterocycles. The minimum atomic E-state index is -2.95. The number of ether oxygens (including phenoxy) is 2. The molecule has 2 aliphatic heterocycles. The number of halogens is 3. The molecule has 0 saturated carbocycles. The molecule has 2 aromatic carbocycles. The number of rotatable bonds is 3. The molecule has 0 N–H and O–H groups in total. The maximum absolute atomic E-state index is 11.9. The summed E-state index contributed by atoms with van der Waals surface area (Å²) in [6, 6.07) is -4.91. The number of carbonyl (C=O) groups is 1. The van der Waals surface area contributed by atoms with Crippen molar-refractivity contribution in [3.05, 3.63) is 59.0 Å². The van der Waals surface area contributed by atoms with E-state index in [9.17, 15) is 4.79 Å². The maximum atomic E-state index is 11.9. The van der Waals surface area contributed by atoms with Crippen molar-refractivity contribution in [2.75, 3.05) is 24.8 Å². The zero-order chi connectivity index (χ0) is 37.4. The third-order valence-corrected chi connectivity index (χ3v) is 3.46. The normalized spacial score (nSPS) is 31.7. The van der Waals surface area contributed by atoms with E-state index in [1.54, 1.807) is 0 Å². The number of carbonyl (C=O) groups excluding carboxylic acids is 1. The average molecular weight is 463 g/mol. The average Bonchev–Trinajstić information content (AvgIpc) is 3.19. The second kappa shape index (κ2) is 10.9. The van der Waals surface area contributed by atoms with E-state index in [1.807, 2.05) is 0 Å². The van der Waals surface area contributed by atoms with Gasteiger partial charge in [0.05, 0.1) is 41.6 Å². The predicted molar refractivity (Wildman–Crippen MR) is 117 cm³/mol. The largest absolute Gasteiger partial charge is 0.493 e. The summed E-state index contributed by atoms with van der Waals surface area (Å²) in [5, 5.41) is 0. The molecule has 0 aromatic heterocycles. The Morgan fingerprint density at radius 2 is 1.68 bits per heavy atom. The summed E-state index contributed by atoms with van der Waals surface area (Å²) in [6.07, 6.45) is -5.46. The third kappa shape index (κ3) is 7.20. The first-order valence-electron chi connectivity index (χ1n) is 16.8. The number of fused-ring (bicyclic) bond motifs is 2. The highest BCUT2D eigenvalue weighted by Crippen LogP contribution is 2.26. The van der Waals surface area contributed by atoms with Gasteiger partial charge in [-0.2, -0.15) is 0 Å². The topological polar surface area (TPSA) is 35.5 Å². The molecular formula is C22H25Cl3O3. The highest BCUT2D eigenvalue weighted by molar-refractivity contribution is 6.30. The van der Waals surface area contributed by atoms with Crippen LogP contribution in [0.15, 0.2) is 42.3 Å². The Morgan fingerprint density at radius 3 is 2.29 bits per heavy atom. The standard InChI is InChI=1S/C10H9ClO2.C8H8O.C4H8Cl2/c11-6-9(12)7-1-2-10-8(5-7)3-4-13-10;1-2-4-8-7(3-1)5-6-9-8;1-4(2,6)3-5/h1-2,5H,3-4,6H2;1-4H,5-6H2;3H2,1-2H3/i1D,2D,3D2,4D2,5D,6D2;1D,2D,3D,4D,5D2,6D2;3D2. The lowest BCUT2D eigenvalue weighted by Gasteiger charge is -2.07. The fraction of sp³-hybridized carbons (Fsp3) is 0.409. The van der Waals surface area contributed by atoms with Crippen LogP contribution in [0.1, 0.15) is 61.4 Å². The van der Waals surface area contributed by atoms with E-state index in [4.69, 9.17) is 70.3 Å². The molecule has 0 saturated heterocycles. The molecule has 2 aliphatic rings. The van der Waals surface area contributed by atoms with Gasteiger partial charge >= 0.3 is 0 Å². The van der Waals surface area contributed by atoms with Crippen molar-refractivity contribution in [2.45, 2.75) is 31.5 Å². The zero-order valence-electron chi connectivity index (χ0n) is 33.4. The Balaban J connectivity index is 0.000000272. The van der Waals surface area contributed by atoms with Gasteiger partial charge in [0.2, 0.25) is 0 Å². The van der Waals surface area contributed by atoms with Gasteiger partial charge in [0.15, 0.2) is 5.78 Å². The molecule has 28 heavy (non-hydrogen) atoms. The minimum absolute atomic E-state index is 0.453. The van der Waals surface area contributed by atoms with Crippen LogP contribution in [0.2, 0.25) is 0 Å². The summed E-state index contributed by atoms with van der Waals surface area (Å²) in [4.78, 5) is 11.0. The van der Waals surface area contributed by atoms with Crippen LogP contribution in [-0.2, 0) is 12.7 Å². The van der Waals surface area contributed by atoms with Gasteiger partial charge in [-0.25, -0.2) is 0 Å². The maximum Gasteiger partial charge on any atom is 0.177 e. The fourth-order valence-electron chi connectivity index (χ4n) is 1.44. The van der Waals surface area contributed by atoms with E-state index in [0.29, 0.717) is 0 Å². The summed E-state index contributed by atoms with van der Waals surface area (Å²) in [5.41, 5.74) is -2.05. The molecule has 4 rings (SSSR count). The van der Waals surface area contributed by atoms with Gasteiger partial charge < -0.3 is 9.47 Å². The molecule has 2 aromatic rings. The number of para-hydroxylation sites is 1. The van der Waals surface area contributed by atoms with Gasteiger partial charge in [0.1, 0.15) is 11.5 Å². The van der Waals surface area contributed by atoms with E-state index < -0.39 is 119 Å². The van der Waals surface area contributed by atoms with Crippen molar-refractivity contribution < 1.29 is 40.3 Å². The summed E-state index contributed by atoms with van der Waals surface area (Å²) >= 11 is 16.0. The second-order valence-corrected chi connectivity index (χ2v) is 6.63. The van der Waals surface area contributed by atoms with E-state index in [0.717, 1.165) is 0 Å². The molecule has 0 bridgehead atoms. The minimum Gasteiger partial charge on any atom is -0.493 e. The first kappa shape index (κ1) is 8.02. The van der Waals surface area contributed by atoms with Crippen LogP contribution in [0.5, 0.6) is 11.5 Å². The number of benzene rings is 2. The van der Waals surface area contributed by atoms with Gasteiger partial charge in [-0.1, -0.05) is 18.1 Å². The van der Waals surface area contributed by atoms with Crippen LogP contribution in [0.4, 0.5) is 0 Å². The molecule has 6 heteroatoms. The van der Waals surface area contributed by atoms with Crippen LogP contribution in [-0.4, -0.2) is 35.4 Å². The molecule has 152 valence electrons. The van der Waals surface area contributed by atoms with Crippen LogP contribution in [0.25, 0.3) is 0 Å². The van der Waals surface area contributed by atoms with E-state index in [2.05, 4.69) is 0 Å². The fourth-order valence-corrected chi connectivity index (χ4v) is 1.54. The van der Waals surface area contributed by atoms with Crippen molar-refractivity contribution >= 4 is 40.6 Å². The molecular weight excluding hydrogens is 419 g/mol. The first-order chi connectivity index (χ1) is 20.6. The van der Waals surface area contributed by atoms with E-state index >= 15 is 0 Å². The molecule has 0 atom stereocenters. The molecule has 0 fully saturated rings. The smallest absolute Gasteiger partial charge is 0.177 e. The highest BCUT2D eigenvalue weighted by Gasteiger charge is 2.14. The Bertz CT molecular complexity index is 1580. The summed E-state index contributed by atoms with van der Waals surface area (Å²) in [6.45, 7) is -2.54. The Labute approximate surface area is 208 Å². The van der Waals surface area contributed by atoms with Gasteiger partial charge in [0.25, 0.3) is 0 Å². The van der Waals surface area contributed by atoms with Crippen LogP contribution < -0.4 is 9.47 Å². The van der Waals surface area contributed by atoms with Crippen molar-refractivity contribution in [2.24, 2.45) is 0 Å². The lowest BCUT2D eigenvalue weighted by molar-refractivity contribution is 0.102. The SMILES string of the molecule is [2H]C([2H])(Cl)C(C)(C)Cl.[2H]c1c([2H])c(C(=O)C([2H])([2H])Cl)c([2H])c2c1OC([2H])([2H])C2([2H])[2H].[2H]c1c([2H])c([2H])c2c(c1[2H])OC([2H])([2H])C2([2H])[2H].